The summed E-state index contributed by atoms with van der Waals surface area (Å²) in [6, 6.07) is 1.16. The van der Waals surface area contributed by atoms with Gasteiger partial charge in [0.25, 0.3) is 0 Å². The van der Waals surface area contributed by atoms with Gasteiger partial charge in [0.1, 0.15) is 0 Å². The van der Waals surface area contributed by atoms with Gasteiger partial charge in [-0.2, -0.15) is 0 Å². The number of piperidine rings is 2. The maximum Gasteiger partial charge on any atom is 0.237 e. The summed E-state index contributed by atoms with van der Waals surface area (Å²) in [5, 5.41) is 9.18. The Morgan fingerprint density at radius 2 is 1.80 bits per heavy atom. The van der Waals surface area contributed by atoms with Crippen molar-refractivity contribution in [2.45, 2.75) is 76.9 Å². The van der Waals surface area contributed by atoms with Gasteiger partial charge in [-0.25, -0.2) is 0 Å². The number of carbonyl (C=O) groups excluding carboxylic acids is 1. The van der Waals surface area contributed by atoms with Crippen LogP contribution in [0.2, 0.25) is 0 Å². The van der Waals surface area contributed by atoms with Gasteiger partial charge in [-0.15, -0.1) is 0 Å². The van der Waals surface area contributed by atoms with Crippen molar-refractivity contribution in [1.82, 2.24) is 9.80 Å². The number of aliphatic hydroxyl groups excluding tert-OH is 1. The molecule has 2 fully saturated rings. The highest BCUT2D eigenvalue weighted by atomic mass is 16.3. The van der Waals surface area contributed by atoms with Crippen molar-refractivity contribution >= 4 is 5.91 Å². The van der Waals surface area contributed by atoms with Crippen molar-refractivity contribution in [3.63, 3.8) is 0 Å². The Labute approximate surface area is 123 Å². The van der Waals surface area contributed by atoms with Gasteiger partial charge in [-0.3, -0.25) is 9.69 Å². The first-order valence-corrected chi connectivity index (χ1v) is 8.29. The van der Waals surface area contributed by atoms with Gasteiger partial charge < -0.3 is 10.0 Å². The normalized spacial score (nSPS) is 32.4. The molecule has 2 saturated heterocycles. The molecular weight excluding hydrogens is 252 g/mol. The van der Waals surface area contributed by atoms with E-state index in [9.17, 15) is 9.90 Å². The second-order valence-electron chi connectivity index (χ2n) is 6.56. The van der Waals surface area contributed by atoms with E-state index in [1.807, 2.05) is 0 Å². The van der Waals surface area contributed by atoms with Crippen LogP contribution in [0.25, 0.3) is 0 Å². The van der Waals surface area contributed by atoms with Gasteiger partial charge in [-0.05, 0) is 58.9 Å². The van der Waals surface area contributed by atoms with Gasteiger partial charge in [0, 0.05) is 24.7 Å². The molecule has 20 heavy (non-hydrogen) atoms. The van der Waals surface area contributed by atoms with E-state index in [0.29, 0.717) is 24.7 Å². The molecule has 0 aromatic rings. The SMILES string of the molecule is CC1CCCC(C)N1C(=O)CN1CCCCC1CCO. The summed E-state index contributed by atoms with van der Waals surface area (Å²) in [6.45, 7) is 6.13. The number of aliphatic hydroxyl groups is 1. The van der Waals surface area contributed by atoms with Crippen molar-refractivity contribution in [2.75, 3.05) is 19.7 Å². The fourth-order valence-electron chi connectivity index (χ4n) is 3.91. The third-order valence-corrected chi connectivity index (χ3v) is 5.03. The van der Waals surface area contributed by atoms with Crippen LogP contribution < -0.4 is 0 Å². The van der Waals surface area contributed by atoms with Crippen LogP contribution in [0.1, 0.15) is 58.8 Å². The third-order valence-electron chi connectivity index (χ3n) is 5.03. The van der Waals surface area contributed by atoms with Crippen LogP contribution >= 0.6 is 0 Å². The molecule has 2 rings (SSSR count). The lowest BCUT2D eigenvalue weighted by molar-refractivity contribution is -0.139. The Bertz CT molecular complexity index is 310. The molecule has 0 aromatic carbocycles. The fourth-order valence-corrected chi connectivity index (χ4v) is 3.91. The molecule has 0 saturated carbocycles. The second kappa shape index (κ2) is 7.41. The van der Waals surface area contributed by atoms with E-state index in [1.54, 1.807) is 0 Å². The summed E-state index contributed by atoms with van der Waals surface area (Å²) in [6.07, 6.45) is 7.85. The number of nitrogens with zero attached hydrogens (tertiary/aromatic N) is 2. The van der Waals surface area contributed by atoms with Gasteiger partial charge >= 0.3 is 0 Å². The Kier molecular flexibility index (Phi) is 5.85. The number of carbonyl (C=O) groups is 1. The fraction of sp³-hybridized carbons (Fsp3) is 0.938. The Morgan fingerprint density at radius 1 is 1.10 bits per heavy atom. The highest BCUT2D eigenvalue weighted by Crippen LogP contribution is 2.24. The van der Waals surface area contributed by atoms with Crippen LogP contribution in [0, 0.1) is 0 Å². The number of amides is 1. The molecule has 0 radical (unpaired) electrons. The zero-order valence-corrected chi connectivity index (χ0v) is 13.1. The van der Waals surface area contributed by atoms with E-state index < -0.39 is 0 Å². The largest absolute Gasteiger partial charge is 0.396 e. The zero-order valence-electron chi connectivity index (χ0n) is 13.1. The zero-order chi connectivity index (χ0) is 14.5. The monoisotopic (exact) mass is 282 g/mol. The van der Waals surface area contributed by atoms with E-state index >= 15 is 0 Å². The van der Waals surface area contributed by atoms with Crippen LogP contribution in [-0.4, -0.2) is 58.6 Å². The maximum atomic E-state index is 12.7. The number of rotatable bonds is 4. The minimum atomic E-state index is 0.228. The molecule has 0 spiro atoms. The first-order valence-electron chi connectivity index (χ1n) is 8.29. The van der Waals surface area contributed by atoms with Crippen molar-refractivity contribution in [2.24, 2.45) is 0 Å². The third kappa shape index (κ3) is 3.73. The van der Waals surface area contributed by atoms with Crippen LogP contribution in [0.4, 0.5) is 0 Å². The highest BCUT2D eigenvalue weighted by molar-refractivity contribution is 5.79. The minimum absolute atomic E-state index is 0.228. The van der Waals surface area contributed by atoms with Crippen molar-refractivity contribution in [1.29, 1.82) is 0 Å². The number of likely N-dealkylation sites (tertiary alicyclic amines) is 2. The molecule has 3 unspecified atom stereocenters. The van der Waals surface area contributed by atoms with E-state index in [4.69, 9.17) is 0 Å². The summed E-state index contributed by atoms with van der Waals surface area (Å²) in [4.78, 5) is 17.1. The topological polar surface area (TPSA) is 43.8 Å². The van der Waals surface area contributed by atoms with Crippen molar-refractivity contribution in [3.05, 3.63) is 0 Å². The van der Waals surface area contributed by atoms with Crippen LogP contribution in [0.15, 0.2) is 0 Å². The van der Waals surface area contributed by atoms with Crippen LogP contribution in [0.3, 0.4) is 0 Å². The van der Waals surface area contributed by atoms with Crippen molar-refractivity contribution in [3.8, 4) is 0 Å². The van der Waals surface area contributed by atoms with Gasteiger partial charge in [0.2, 0.25) is 5.91 Å². The smallest absolute Gasteiger partial charge is 0.237 e. The summed E-state index contributed by atoms with van der Waals surface area (Å²) >= 11 is 0. The molecule has 4 nitrogen and oxygen atoms in total. The molecule has 0 aromatic heterocycles. The molecule has 2 aliphatic heterocycles. The predicted molar refractivity (Wildman–Crippen MR) is 80.5 cm³/mol. The van der Waals surface area contributed by atoms with Crippen LogP contribution in [0.5, 0.6) is 0 Å². The van der Waals surface area contributed by atoms with E-state index in [1.165, 1.54) is 19.3 Å². The lowest BCUT2D eigenvalue weighted by Crippen LogP contribution is -2.53. The first-order chi connectivity index (χ1) is 9.63. The molecule has 0 aliphatic carbocycles. The lowest BCUT2D eigenvalue weighted by Gasteiger charge is -2.42. The van der Waals surface area contributed by atoms with Gasteiger partial charge in [0.15, 0.2) is 0 Å². The van der Waals surface area contributed by atoms with E-state index in [-0.39, 0.29) is 12.5 Å². The molecule has 2 aliphatic rings. The number of hydrogen-bond donors (Lipinski definition) is 1. The molecule has 1 N–H and O–H groups in total. The number of hydrogen-bond acceptors (Lipinski definition) is 3. The van der Waals surface area contributed by atoms with E-state index in [2.05, 4.69) is 23.6 Å². The second-order valence-corrected chi connectivity index (χ2v) is 6.56. The van der Waals surface area contributed by atoms with Gasteiger partial charge in [0.05, 0.1) is 6.54 Å². The Hall–Kier alpha value is -0.610. The standard InChI is InChI=1S/C16H30N2O2/c1-13-6-5-7-14(2)18(13)16(20)12-17-10-4-3-8-15(17)9-11-19/h13-15,19H,3-12H2,1-2H3. The summed E-state index contributed by atoms with van der Waals surface area (Å²) in [5.41, 5.74) is 0. The summed E-state index contributed by atoms with van der Waals surface area (Å²) in [7, 11) is 0. The average molecular weight is 282 g/mol. The highest BCUT2D eigenvalue weighted by Gasteiger charge is 2.31. The van der Waals surface area contributed by atoms with Crippen molar-refractivity contribution < 1.29 is 9.90 Å². The Balaban J connectivity index is 1.94. The molecular formula is C16H30N2O2. The average Bonchev–Trinajstić information content (AvgIpc) is 2.41. The molecule has 0 bridgehead atoms. The molecule has 1 amide bonds. The van der Waals surface area contributed by atoms with E-state index in [0.717, 1.165) is 32.2 Å². The molecule has 116 valence electrons. The van der Waals surface area contributed by atoms with Gasteiger partial charge in [-0.1, -0.05) is 6.42 Å². The lowest BCUT2D eigenvalue weighted by atomic mass is 9.96. The predicted octanol–water partition coefficient (Wildman–Crippen LogP) is 2.01. The summed E-state index contributed by atoms with van der Waals surface area (Å²) in [5.74, 6) is 0.287. The molecule has 4 heteroatoms. The van der Waals surface area contributed by atoms with Crippen LogP contribution in [-0.2, 0) is 4.79 Å². The minimum Gasteiger partial charge on any atom is -0.396 e. The quantitative estimate of drug-likeness (QED) is 0.858. The molecule has 3 atom stereocenters. The summed E-state index contributed by atoms with van der Waals surface area (Å²) < 4.78 is 0. The maximum absolute atomic E-state index is 12.7. The Morgan fingerprint density at radius 3 is 2.45 bits per heavy atom. The molecule has 2 heterocycles. The first kappa shape index (κ1) is 15.8.